The second kappa shape index (κ2) is 21.9. The van der Waals surface area contributed by atoms with Gasteiger partial charge in [0.25, 0.3) is 0 Å². The molecule has 16 heteroatoms. The molecule has 332 valence electrons. The number of anilines is 2. The van der Waals surface area contributed by atoms with Crippen LogP contribution in [0.5, 0.6) is 11.5 Å². The van der Waals surface area contributed by atoms with Gasteiger partial charge in [0, 0.05) is 39.9 Å². The van der Waals surface area contributed by atoms with Crippen molar-refractivity contribution >= 4 is 53.6 Å². The standard InChI is InChI=1S/C19H16ClFN2O.C16H14ClFO4.C11H17BN2O2.CH4/c1-24-16-7-6-14(9-12-5-8-17(22)23-11-12)19(21)18(16)13-3-2-4-15(20)10-13;1-20-13-7-6-11(9-22-16(19)21-2)15(18)14(13)10-4-3-5-12(17)8-10;1-10(2)11(3,4)16-12(15-10)8-5-6-9(13)14-7-8;/h2-8,10-11H,9H2,1H3,(H2,22,23);3-8H,9H2,1-2H3;5-7H,1-4H3,(H2,13,14);1H4. The van der Waals surface area contributed by atoms with Crippen molar-refractivity contribution in [3.8, 4) is 33.8 Å². The van der Waals surface area contributed by atoms with E-state index in [0.29, 0.717) is 61.9 Å². The highest BCUT2D eigenvalue weighted by Gasteiger charge is 2.51. The molecule has 3 heterocycles. The average Bonchev–Trinajstić information content (AvgIpc) is 3.47. The molecule has 0 atom stereocenters. The van der Waals surface area contributed by atoms with Gasteiger partial charge >= 0.3 is 13.3 Å². The van der Waals surface area contributed by atoms with Gasteiger partial charge in [-0.2, -0.15) is 0 Å². The van der Waals surface area contributed by atoms with Crippen molar-refractivity contribution in [1.29, 1.82) is 0 Å². The van der Waals surface area contributed by atoms with E-state index in [9.17, 15) is 9.18 Å². The molecule has 0 unspecified atom stereocenters. The Morgan fingerprint density at radius 1 is 0.698 bits per heavy atom. The smallest absolute Gasteiger partial charge is 0.496 e. The van der Waals surface area contributed by atoms with Crippen molar-refractivity contribution in [2.24, 2.45) is 0 Å². The SMILES string of the molecule is C.CC1(C)OB(c2ccc(N)nc2)OC1(C)C.COC(=O)OCc1ccc(OC)c(-c2cccc(Cl)c2)c1F.COc1ccc(Cc2ccc(N)nc2)c(F)c1-c1cccc(Cl)c1. The predicted molar refractivity (Wildman–Crippen MR) is 247 cm³/mol. The second-order valence-corrected chi connectivity index (χ2v) is 15.7. The van der Waals surface area contributed by atoms with Crippen molar-refractivity contribution in [3.05, 3.63) is 148 Å². The molecule has 0 bridgehead atoms. The number of methoxy groups -OCH3 is 3. The highest BCUT2D eigenvalue weighted by molar-refractivity contribution is 6.62. The molecule has 2 aromatic heterocycles. The number of ether oxygens (including phenoxy) is 4. The summed E-state index contributed by atoms with van der Waals surface area (Å²) < 4.78 is 61.3. The van der Waals surface area contributed by atoms with Gasteiger partial charge in [-0.15, -0.1) is 0 Å². The number of nitrogen functional groups attached to an aromatic ring is 2. The Balaban J connectivity index is 0.000000210. The van der Waals surface area contributed by atoms with E-state index in [1.165, 1.54) is 27.4 Å². The zero-order valence-corrected chi connectivity index (χ0v) is 36.8. The lowest BCUT2D eigenvalue weighted by Gasteiger charge is -2.32. The lowest BCUT2D eigenvalue weighted by molar-refractivity contribution is 0.00578. The second-order valence-electron chi connectivity index (χ2n) is 14.9. The number of hydrogen-bond donors (Lipinski definition) is 2. The third kappa shape index (κ3) is 12.6. The van der Waals surface area contributed by atoms with Crippen LogP contribution in [0.15, 0.2) is 109 Å². The lowest BCUT2D eigenvalue weighted by Crippen LogP contribution is -2.41. The van der Waals surface area contributed by atoms with Gasteiger partial charge in [-0.1, -0.05) is 73.1 Å². The lowest BCUT2D eigenvalue weighted by atomic mass is 9.80. The predicted octanol–water partition coefficient (Wildman–Crippen LogP) is 10.8. The number of aromatic nitrogens is 2. The number of nitrogens with two attached hydrogens (primary N) is 2. The summed E-state index contributed by atoms with van der Waals surface area (Å²) in [6.07, 6.45) is 2.88. The topological polar surface area (TPSA) is 150 Å². The van der Waals surface area contributed by atoms with E-state index in [4.69, 9.17) is 58.2 Å². The van der Waals surface area contributed by atoms with Gasteiger partial charge in [0.15, 0.2) is 0 Å². The quantitative estimate of drug-likeness (QED) is 0.105. The van der Waals surface area contributed by atoms with Gasteiger partial charge < -0.3 is 39.7 Å². The fourth-order valence-corrected chi connectivity index (χ4v) is 6.49. The van der Waals surface area contributed by atoms with Crippen LogP contribution in [-0.2, 0) is 31.8 Å². The normalized spacial score (nSPS) is 13.3. The Labute approximate surface area is 377 Å². The van der Waals surface area contributed by atoms with Crippen LogP contribution in [0.4, 0.5) is 25.2 Å². The Morgan fingerprint density at radius 2 is 1.19 bits per heavy atom. The van der Waals surface area contributed by atoms with Crippen molar-refractivity contribution in [2.75, 3.05) is 32.8 Å². The van der Waals surface area contributed by atoms with Crippen molar-refractivity contribution < 1.29 is 41.8 Å². The number of carbonyl (C=O) groups excluding carboxylic acids is 1. The van der Waals surface area contributed by atoms with Gasteiger partial charge in [-0.05, 0) is 105 Å². The molecular formula is C47H51BCl2F2N4O7. The Kier molecular flexibility index (Phi) is 17.3. The van der Waals surface area contributed by atoms with Gasteiger partial charge in [-0.3, -0.25) is 0 Å². The third-order valence-corrected chi connectivity index (χ3v) is 10.6. The molecule has 6 aromatic rings. The molecular weight excluding hydrogens is 852 g/mol. The van der Waals surface area contributed by atoms with Crippen molar-refractivity contribution in [1.82, 2.24) is 9.97 Å². The molecule has 1 fully saturated rings. The number of rotatable bonds is 9. The van der Waals surface area contributed by atoms with Gasteiger partial charge in [0.05, 0.1) is 43.7 Å². The average molecular weight is 904 g/mol. The molecule has 4 N–H and O–H groups in total. The fourth-order valence-electron chi connectivity index (χ4n) is 6.11. The molecule has 4 aromatic carbocycles. The van der Waals surface area contributed by atoms with Crippen LogP contribution in [-0.4, -0.2) is 55.8 Å². The Hall–Kier alpha value is -5.93. The molecule has 11 nitrogen and oxygen atoms in total. The fraction of sp³-hybridized carbons (Fsp3) is 0.255. The summed E-state index contributed by atoms with van der Waals surface area (Å²) in [4.78, 5) is 19.1. The Bertz CT molecular complexity index is 2460. The number of carbonyl (C=O) groups is 1. The molecule has 0 amide bonds. The van der Waals surface area contributed by atoms with Crippen LogP contribution in [0.1, 0.15) is 51.8 Å². The maximum Gasteiger partial charge on any atom is 0.508 e. The first-order chi connectivity index (χ1) is 29.5. The van der Waals surface area contributed by atoms with Crippen molar-refractivity contribution in [3.63, 3.8) is 0 Å². The number of hydrogen-bond acceptors (Lipinski definition) is 11. The minimum atomic E-state index is -0.875. The van der Waals surface area contributed by atoms with Gasteiger partial charge in [0.1, 0.15) is 41.4 Å². The summed E-state index contributed by atoms with van der Waals surface area (Å²) in [6, 6.07) is 27.6. The Morgan fingerprint density at radius 3 is 1.63 bits per heavy atom. The van der Waals surface area contributed by atoms with Crippen LogP contribution < -0.4 is 26.4 Å². The molecule has 0 aliphatic carbocycles. The molecule has 0 radical (unpaired) electrons. The third-order valence-electron chi connectivity index (χ3n) is 10.1. The first-order valence-electron chi connectivity index (χ1n) is 19.2. The summed E-state index contributed by atoms with van der Waals surface area (Å²) in [5.41, 5.74) is 14.9. The van der Waals surface area contributed by atoms with E-state index >= 15 is 4.39 Å². The zero-order chi connectivity index (χ0) is 45.2. The zero-order valence-electron chi connectivity index (χ0n) is 35.3. The van der Waals surface area contributed by atoms with E-state index in [1.807, 2.05) is 39.8 Å². The molecule has 0 saturated carbocycles. The molecule has 1 aliphatic heterocycles. The van der Waals surface area contributed by atoms with Crippen LogP contribution in [0, 0.1) is 11.6 Å². The van der Waals surface area contributed by atoms with Crippen LogP contribution in [0.3, 0.4) is 0 Å². The van der Waals surface area contributed by atoms with E-state index in [2.05, 4.69) is 14.7 Å². The summed E-state index contributed by atoms with van der Waals surface area (Å²) in [7, 11) is 3.79. The number of halogens is 4. The summed E-state index contributed by atoms with van der Waals surface area (Å²) in [5, 5.41) is 1.03. The van der Waals surface area contributed by atoms with Crippen LogP contribution >= 0.6 is 23.2 Å². The molecule has 63 heavy (non-hydrogen) atoms. The monoisotopic (exact) mass is 902 g/mol. The number of benzene rings is 4. The molecule has 0 spiro atoms. The van der Waals surface area contributed by atoms with E-state index in [1.54, 1.807) is 91.3 Å². The maximum absolute atomic E-state index is 15.1. The molecule has 7 rings (SSSR count). The van der Waals surface area contributed by atoms with Gasteiger partial charge in [-0.25, -0.2) is 23.5 Å². The van der Waals surface area contributed by atoms with Crippen LogP contribution in [0.25, 0.3) is 22.3 Å². The number of pyridine rings is 2. The molecule has 1 saturated heterocycles. The first-order valence-corrected chi connectivity index (χ1v) is 19.9. The largest absolute Gasteiger partial charge is 0.508 e. The van der Waals surface area contributed by atoms with Crippen LogP contribution in [0.2, 0.25) is 10.0 Å². The minimum absolute atomic E-state index is 0. The van der Waals surface area contributed by atoms with E-state index in [-0.39, 0.29) is 49.3 Å². The number of nitrogens with zero attached hydrogens (tertiary/aromatic N) is 2. The minimum Gasteiger partial charge on any atom is -0.496 e. The molecule has 1 aliphatic rings. The van der Waals surface area contributed by atoms with E-state index in [0.717, 1.165) is 11.0 Å². The van der Waals surface area contributed by atoms with Gasteiger partial charge in [0.2, 0.25) is 0 Å². The highest BCUT2D eigenvalue weighted by atomic mass is 35.5. The summed E-state index contributed by atoms with van der Waals surface area (Å²) >= 11 is 12.0. The van der Waals surface area contributed by atoms with Crippen molar-refractivity contribution in [2.45, 2.75) is 59.4 Å². The summed E-state index contributed by atoms with van der Waals surface area (Å²) in [5.74, 6) is 0.906. The summed E-state index contributed by atoms with van der Waals surface area (Å²) in [6.45, 7) is 7.86. The first kappa shape index (κ1) is 49.7. The van der Waals surface area contributed by atoms with E-state index < -0.39 is 12.0 Å². The maximum atomic E-state index is 15.1. The highest BCUT2D eigenvalue weighted by Crippen LogP contribution is 2.38.